The van der Waals surface area contributed by atoms with Crippen molar-refractivity contribution in [2.45, 2.75) is 25.1 Å². The Balaban J connectivity index is 1.73. The minimum absolute atomic E-state index is 0.00379. The van der Waals surface area contributed by atoms with E-state index in [0.717, 1.165) is 38.0 Å². The second kappa shape index (κ2) is 7.01. The molecular formula is C20H22FN2O. The Hall–Kier alpha value is -1.75. The number of halogens is 1. The summed E-state index contributed by atoms with van der Waals surface area (Å²) in [7, 11) is 0. The monoisotopic (exact) mass is 325 g/mol. The van der Waals surface area contributed by atoms with E-state index < -0.39 is 0 Å². The molecule has 1 N–H and O–H groups in total. The average molecular weight is 325 g/mol. The van der Waals surface area contributed by atoms with Crippen molar-refractivity contribution in [3.8, 4) is 0 Å². The maximum atomic E-state index is 13.4. The van der Waals surface area contributed by atoms with Gasteiger partial charge in [-0.15, -0.1) is 0 Å². The van der Waals surface area contributed by atoms with Crippen LogP contribution in [0.4, 0.5) is 4.39 Å². The predicted molar refractivity (Wildman–Crippen MR) is 91.8 cm³/mol. The highest BCUT2D eigenvalue weighted by molar-refractivity contribution is 5.39. The maximum Gasteiger partial charge on any atom is 0.124 e. The van der Waals surface area contributed by atoms with Crippen LogP contribution in [0, 0.1) is 12.4 Å². The molecular weight excluding hydrogens is 303 g/mol. The molecule has 2 aromatic rings. The van der Waals surface area contributed by atoms with Gasteiger partial charge in [0.05, 0.1) is 12.6 Å². The summed E-state index contributed by atoms with van der Waals surface area (Å²) in [6.45, 7) is 4.59. The Kier molecular flexibility index (Phi) is 4.60. The number of nitrogens with zero attached hydrogens (tertiary/aromatic N) is 1. The van der Waals surface area contributed by atoms with Gasteiger partial charge in [0.1, 0.15) is 12.0 Å². The van der Waals surface area contributed by atoms with Gasteiger partial charge in [0.15, 0.2) is 0 Å². The summed E-state index contributed by atoms with van der Waals surface area (Å²) >= 11 is 0. The van der Waals surface area contributed by atoms with Crippen LogP contribution in [0.3, 0.4) is 0 Å². The van der Waals surface area contributed by atoms with E-state index in [2.05, 4.69) is 34.5 Å². The highest BCUT2D eigenvalue weighted by Gasteiger charge is 2.34. The number of hydrogen-bond donors (Lipinski definition) is 1. The molecule has 1 saturated heterocycles. The van der Waals surface area contributed by atoms with Crippen LogP contribution in [0.5, 0.6) is 0 Å². The topological polar surface area (TPSA) is 24.5 Å². The van der Waals surface area contributed by atoms with Crippen molar-refractivity contribution < 1.29 is 9.13 Å². The number of benzene rings is 2. The van der Waals surface area contributed by atoms with E-state index in [0.29, 0.717) is 0 Å². The predicted octanol–water partition coefficient (Wildman–Crippen LogP) is 3.27. The SMILES string of the molecule is Fc1ccc([C@H]2c3ccccc3CCN2[C@H]2CNCC[CH]O2)cc1. The second-order valence-electron chi connectivity index (χ2n) is 6.39. The molecule has 1 fully saturated rings. The molecule has 0 spiro atoms. The highest BCUT2D eigenvalue weighted by Crippen LogP contribution is 2.36. The fourth-order valence-electron chi connectivity index (χ4n) is 3.72. The van der Waals surface area contributed by atoms with Crippen molar-refractivity contribution in [3.63, 3.8) is 0 Å². The largest absolute Gasteiger partial charge is 0.356 e. The molecule has 0 unspecified atom stereocenters. The van der Waals surface area contributed by atoms with Crippen LogP contribution in [0.2, 0.25) is 0 Å². The Morgan fingerprint density at radius 2 is 1.92 bits per heavy atom. The van der Waals surface area contributed by atoms with Crippen molar-refractivity contribution in [2.24, 2.45) is 0 Å². The first-order chi connectivity index (χ1) is 11.8. The van der Waals surface area contributed by atoms with E-state index in [1.54, 1.807) is 12.1 Å². The van der Waals surface area contributed by atoms with Crippen molar-refractivity contribution >= 4 is 0 Å². The summed E-state index contributed by atoms with van der Waals surface area (Å²) in [4.78, 5) is 2.39. The summed E-state index contributed by atoms with van der Waals surface area (Å²) in [5.41, 5.74) is 3.77. The fourth-order valence-corrected chi connectivity index (χ4v) is 3.72. The minimum Gasteiger partial charge on any atom is -0.356 e. The van der Waals surface area contributed by atoms with Crippen LogP contribution in [0.1, 0.15) is 29.2 Å². The van der Waals surface area contributed by atoms with Crippen molar-refractivity contribution in [2.75, 3.05) is 19.6 Å². The smallest absolute Gasteiger partial charge is 0.124 e. The Labute approximate surface area is 142 Å². The van der Waals surface area contributed by atoms with Gasteiger partial charge in [-0.1, -0.05) is 36.4 Å². The molecule has 2 aromatic carbocycles. The van der Waals surface area contributed by atoms with Crippen molar-refractivity contribution in [1.29, 1.82) is 0 Å². The van der Waals surface area contributed by atoms with Gasteiger partial charge in [-0.3, -0.25) is 4.90 Å². The molecule has 0 saturated carbocycles. The van der Waals surface area contributed by atoms with Gasteiger partial charge in [-0.25, -0.2) is 4.39 Å². The fraction of sp³-hybridized carbons (Fsp3) is 0.350. The first-order valence-corrected chi connectivity index (χ1v) is 8.60. The first-order valence-electron chi connectivity index (χ1n) is 8.60. The minimum atomic E-state index is -0.199. The van der Waals surface area contributed by atoms with E-state index in [4.69, 9.17) is 4.74 Å². The molecule has 2 aliphatic heterocycles. The van der Waals surface area contributed by atoms with Gasteiger partial charge < -0.3 is 10.1 Å². The van der Waals surface area contributed by atoms with E-state index in [1.807, 2.05) is 18.7 Å². The molecule has 3 nitrogen and oxygen atoms in total. The number of ether oxygens (including phenoxy) is 1. The van der Waals surface area contributed by atoms with Crippen LogP contribution < -0.4 is 5.32 Å². The maximum absolute atomic E-state index is 13.4. The summed E-state index contributed by atoms with van der Waals surface area (Å²) in [6, 6.07) is 15.5. The van der Waals surface area contributed by atoms with Gasteiger partial charge >= 0.3 is 0 Å². The second-order valence-corrected chi connectivity index (χ2v) is 6.39. The van der Waals surface area contributed by atoms with Crippen LogP contribution in [-0.2, 0) is 11.2 Å². The number of rotatable bonds is 2. The van der Waals surface area contributed by atoms with Gasteiger partial charge in [-0.2, -0.15) is 0 Å². The summed E-state index contributed by atoms with van der Waals surface area (Å²) in [5.74, 6) is -0.199. The summed E-state index contributed by atoms with van der Waals surface area (Å²) in [6.07, 6.45) is 1.92. The quantitative estimate of drug-likeness (QED) is 0.917. The molecule has 0 aromatic heterocycles. The zero-order valence-electron chi connectivity index (χ0n) is 13.6. The zero-order chi connectivity index (χ0) is 16.4. The zero-order valence-corrected chi connectivity index (χ0v) is 13.6. The lowest BCUT2D eigenvalue weighted by molar-refractivity contribution is -0.0417. The molecule has 4 heteroatoms. The van der Waals surface area contributed by atoms with Gasteiger partial charge in [0.25, 0.3) is 0 Å². The number of nitrogens with one attached hydrogen (secondary N) is 1. The highest BCUT2D eigenvalue weighted by atomic mass is 19.1. The van der Waals surface area contributed by atoms with Gasteiger partial charge in [0, 0.05) is 13.1 Å². The molecule has 4 rings (SSSR count). The Morgan fingerprint density at radius 3 is 2.79 bits per heavy atom. The molecule has 0 aliphatic carbocycles. The molecule has 125 valence electrons. The third-order valence-electron chi connectivity index (χ3n) is 4.89. The first kappa shape index (κ1) is 15.8. The van der Waals surface area contributed by atoms with Crippen LogP contribution in [0.15, 0.2) is 48.5 Å². The standard InChI is InChI=1S/C20H22FN2O/c21-17-8-6-16(7-9-17)20-18-5-2-1-4-15(18)10-12-23(20)19-14-22-11-3-13-24-19/h1-2,4-9,13,19-20,22H,3,10-12,14H2/t19-,20+/m1/s1. The van der Waals surface area contributed by atoms with E-state index in [9.17, 15) is 4.39 Å². The third-order valence-corrected chi connectivity index (χ3v) is 4.89. The molecule has 24 heavy (non-hydrogen) atoms. The van der Waals surface area contributed by atoms with Crippen molar-refractivity contribution in [1.82, 2.24) is 10.2 Å². The number of fused-ring (bicyclic) bond motifs is 1. The normalized spacial score (nSPS) is 25.0. The lowest BCUT2D eigenvalue weighted by Gasteiger charge is -2.41. The molecule has 2 heterocycles. The molecule has 2 aliphatic rings. The number of hydrogen-bond acceptors (Lipinski definition) is 3. The van der Waals surface area contributed by atoms with Crippen molar-refractivity contribution in [3.05, 3.63) is 77.6 Å². The van der Waals surface area contributed by atoms with Gasteiger partial charge in [-0.05, 0) is 48.2 Å². The molecule has 1 radical (unpaired) electrons. The van der Waals surface area contributed by atoms with Crippen LogP contribution in [0.25, 0.3) is 0 Å². The third kappa shape index (κ3) is 3.09. The van der Waals surface area contributed by atoms with Gasteiger partial charge in [0.2, 0.25) is 0 Å². The molecule has 0 amide bonds. The molecule has 0 bridgehead atoms. The van der Waals surface area contributed by atoms with Crippen LogP contribution >= 0.6 is 0 Å². The Bertz CT molecular complexity index is 680. The van der Waals surface area contributed by atoms with E-state index in [1.165, 1.54) is 11.1 Å². The summed E-state index contributed by atoms with van der Waals surface area (Å²) in [5, 5.41) is 3.44. The summed E-state index contributed by atoms with van der Waals surface area (Å²) < 4.78 is 19.4. The molecule has 2 atom stereocenters. The average Bonchev–Trinajstić information content (AvgIpc) is 2.91. The van der Waals surface area contributed by atoms with E-state index >= 15 is 0 Å². The lowest BCUT2D eigenvalue weighted by Crippen LogP contribution is -2.48. The Morgan fingerprint density at radius 1 is 1.08 bits per heavy atom. The van der Waals surface area contributed by atoms with E-state index in [-0.39, 0.29) is 18.1 Å². The lowest BCUT2D eigenvalue weighted by atomic mass is 9.88. The van der Waals surface area contributed by atoms with Crippen LogP contribution in [-0.4, -0.2) is 30.8 Å².